The van der Waals surface area contributed by atoms with Crippen LogP contribution in [0.2, 0.25) is 0 Å². The second-order valence-corrected chi connectivity index (χ2v) is 8.10. The lowest BCUT2D eigenvalue weighted by molar-refractivity contribution is -0.141. The monoisotopic (exact) mass is 430 g/mol. The molecule has 0 saturated carbocycles. The second kappa shape index (κ2) is 9.18. The third-order valence-corrected chi connectivity index (χ3v) is 6.06. The van der Waals surface area contributed by atoms with Crippen molar-refractivity contribution in [3.8, 4) is 0 Å². The molecule has 0 unspecified atom stereocenters. The molecule has 0 radical (unpaired) electrons. The number of piperidine rings is 1. The molecular weight excluding hydrogens is 405 g/mol. The maximum absolute atomic E-state index is 12.6. The van der Waals surface area contributed by atoms with Crippen molar-refractivity contribution in [3.63, 3.8) is 0 Å². The molecule has 1 saturated heterocycles. The summed E-state index contributed by atoms with van der Waals surface area (Å²) in [7, 11) is 0. The van der Waals surface area contributed by atoms with E-state index in [2.05, 4.69) is 14.9 Å². The molecule has 0 N–H and O–H groups in total. The van der Waals surface area contributed by atoms with Gasteiger partial charge in [0.2, 0.25) is 0 Å². The van der Waals surface area contributed by atoms with E-state index in [-0.39, 0.29) is 5.56 Å². The van der Waals surface area contributed by atoms with Crippen LogP contribution in [-0.4, -0.2) is 39.1 Å². The van der Waals surface area contributed by atoms with Gasteiger partial charge in [-0.3, -0.25) is 14.8 Å². The molecule has 31 heavy (non-hydrogen) atoms. The summed E-state index contributed by atoms with van der Waals surface area (Å²) in [6, 6.07) is 9.68. The van der Waals surface area contributed by atoms with E-state index >= 15 is 0 Å². The molecular formula is C23H25F3N4O. The fourth-order valence-electron chi connectivity index (χ4n) is 4.21. The van der Waals surface area contributed by atoms with Gasteiger partial charge in [-0.2, -0.15) is 13.2 Å². The fourth-order valence-corrected chi connectivity index (χ4v) is 4.21. The van der Waals surface area contributed by atoms with E-state index in [1.165, 1.54) is 12.3 Å². The number of hydrogen-bond donors (Lipinski definition) is 0. The number of fused-ring (bicyclic) bond motifs is 1. The Balaban J connectivity index is 1.25. The number of nitrogens with zero attached hydrogens (tertiary/aromatic N) is 4. The summed E-state index contributed by atoms with van der Waals surface area (Å²) in [5.41, 5.74) is 1.67. The zero-order chi connectivity index (χ0) is 21.8. The lowest BCUT2D eigenvalue weighted by atomic mass is 9.91. The summed E-state index contributed by atoms with van der Waals surface area (Å²) in [5.74, 6) is 0.558. The summed E-state index contributed by atoms with van der Waals surface area (Å²) in [5, 5.41) is 0. The quantitative estimate of drug-likeness (QED) is 0.590. The smallest absolute Gasteiger partial charge is 0.305 e. The van der Waals surface area contributed by atoms with Crippen LogP contribution in [0.15, 0.2) is 53.6 Å². The molecule has 0 spiro atoms. The van der Waals surface area contributed by atoms with Gasteiger partial charge in [0.15, 0.2) is 0 Å². The Hall–Kier alpha value is -2.74. The van der Waals surface area contributed by atoms with Gasteiger partial charge in [0.25, 0.3) is 5.56 Å². The standard InChI is InChI=1S/C23H25F3N4O/c24-23(25,26)21-7-5-18(16-28-21)4-3-17-9-12-29(13-10-17)14-15-30-20-2-1-11-27-19(20)6-8-22(30)31/h1-2,5-8,11,16-17H,3-4,9-10,12-15H2. The van der Waals surface area contributed by atoms with Crippen molar-refractivity contribution in [2.45, 2.75) is 38.4 Å². The Morgan fingerprint density at radius 2 is 1.81 bits per heavy atom. The second-order valence-electron chi connectivity index (χ2n) is 8.10. The van der Waals surface area contributed by atoms with Crippen LogP contribution < -0.4 is 5.56 Å². The van der Waals surface area contributed by atoms with Crippen molar-refractivity contribution in [2.75, 3.05) is 19.6 Å². The van der Waals surface area contributed by atoms with Gasteiger partial charge < -0.3 is 9.47 Å². The highest BCUT2D eigenvalue weighted by molar-refractivity contribution is 5.73. The minimum atomic E-state index is -4.39. The Labute approximate surface area is 178 Å². The molecule has 8 heteroatoms. The molecule has 1 fully saturated rings. The number of likely N-dealkylation sites (tertiary alicyclic amines) is 1. The first-order chi connectivity index (χ1) is 14.9. The summed E-state index contributed by atoms with van der Waals surface area (Å²) in [4.78, 5) is 22.5. The van der Waals surface area contributed by atoms with E-state index in [4.69, 9.17) is 0 Å². The van der Waals surface area contributed by atoms with Crippen LogP contribution in [0.25, 0.3) is 11.0 Å². The Kier molecular flexibility index (Phi) is 6.36. The first-order valence-corrected chi connectivity index (χ1v) is 10.6. The third kappa shape index (κ3) is 5.31. The predicted octanol–water partition coefficient (Wildman–Crippen LogP) is 4.16. The molecule has 5 nitrogen and oxygen atoms in total. The van der Waals surface area contributed by atoms with Gasteiger partial charge >= 0.3 is 6.18 Å². The Morgan fingerprint density at radius 3 is 2.52 bits per heavy atom. The highest BCUT2D eigenvalue weighted by Gasteiger charge is 2.32. The van der Waals surface area contributed by atoms with Gasteiger partial charge in [0.1, 0.15) is 5.69 Å². The number of aryl methyl sites for hydroxylation is 1. The highest BCUT2D eigenvalue weighted by Crippen LogP contribution is 2.28. The van der Waals surface area contributed by atoms with Crippen molar-refractivity contribution >= 4 is 11.0 Å². The summed E-state index contributed by atoms with van der Waals surface area (Å²) >= 11 is 0. The summed E-state index contributed by atoms with van der Waals surface area (Å²) in [6.45, 7) is 3.37. The lowest BCUT2D eigenvalue weighted by Gasteiger charge is -2.32. The summed E-state index contributed by atoms with van der Waals surface area (Å²) in [6.07, 6.45) is 2.49. The molecule has 0 bridgehead atoms. The zero-order valence-electron chi connectivity index (χ0n) is 17.2. The van der Waals surface area contributed by atoms with Gasteiger partial charge in [0, 0.05) is 31.5 Å². The normalized spacial score (nSPS) is 16.1. The van der Waals surface area contributed by atoms with Crippen LogP contribution in [0.4, 0.5) is 13.2 Å². The average molecular weight is 430 g/mol. The Bertz CT molecular complexity index is 1070. The minimum absolute atomic E-state index is 0.0134. The Morgan fingerprint density at radius 1 is 1.00 bits per heavy atom. The third-order valence-electron chi connectivity index (χ3n) is 6.06. The number of pyridine rings is 3. The van der Waals surface area contributed by atoms with Crippen LogP contribution in [0, 0.1) is 5.92 Å². The highest BCUT2D eigenvalue weighted by atomic mass is 19.4. The van der Waals surface area contributed by atoms with Crippen molar-refractivity contribution in [1.82, 2.24) is 19.4 Å². The van der Waals surface area contributed by atoms with Gasteiger partial charge in [0.05, 0.1) is 11.0 Å². The molecule has 3 aromatic rings. The predicted molar refractivity (Wildman–Crippen MR) is 113 cm³/mol. The van der Waals surface area contributed by atoms with Crippen LogP contribution in [-0.2, 0) is 19.1 Å². The molecule has 4 rings (SSSR count). The zero-order valence-corrected chi connectivity index (χ0v) is 17.2. The molecule has 0 atom stereocenters. The number of alkyl halides is 3. The molecule has 1 aliphatic rings. The first kappa shape index (κ1) is 21.5. The van der Waals surface area contributed by atoms with Crippen molar-refractivity contribution < 1.29 is 13.2 Å². The number of halogens is 3. The van der Waals surface area contributed by atoms with Crippen LogP contribution in [0.1, 0.15) is 30.5 Å². The maximum atomic E-state index is 12.6. The molecule has 4 heterocycles. The summed E-state index contributed by atoms with van der Waals surface area (Å²) < 4.78 is 39.6. The van der Waals surface area contributed by atoms with E-state index in [0.29, 0.717) is 12.5 Å². The van der Waals surface area contributed by atoms with Crippen molar-refractivity contribution in [1.29, 1.82) is 0 Å². The lowest BCUT2D eigenvalue weighted by Crippen LogP contribution is -2.37. The average Bonchev–Trinajstić information content (AvgIpc) is 2.77. The number of rotatable bonds is 6. The topological polar surface area (TPSA) is 51.0 Å². The largest absolute Gasteiger partial charge is 0.433 e. The van der Waals surface area contributed by atoms with Crippen LogP contribution >= 0.6 is 0 Å². The van der Waals surface area contributed by atoms with Crippen molar-refractivity contribution in [3.05, 3.63) is 70.4 Å². The molecule has 0 aliphatic carbocycles. The van der Waals surface area contributed by atoms with E-state index in [1.54, 1.807) is 22.9 Å². The van der Waals surface area contributed by atoms with Gasteiger partial charge in [-0.05, 0) is 74.5 Å². The fraction of sp³-hybridized carbons (Fsp3) is 0.435. The van der Waals surface area contributed by atoms with Gasteiger partial charge in [-0.1, -0.05) is 6.07 Å². The SMILES string of the molecule is O=c1ccc2ncccc2n1CCN1CCC(CCc2ccc(C(F)(F)F)nc2)CC1. The molecule has 3 aromatic heterocycles. The molecule has 0 amide bonds. The van der Waals surface area contributed by atoms with E-state index in [9.17, 15) is 18.0 Å². The molecule has 164 valence electrons. The molecule has 1 aliphatic heterocycles. The van der Waals surface area contributed by atoms with E-state index < -0.39 is 11.9 Å². The van der Waals surface area contributed by atoms with Crippen molar-refractivity contribution in [2.24, 2.45) is 5.92 Å². The van der Waals surface area contributed by atoms with Gasteiger partial charge in [-0.15, -0.1) is 0 Å². The minimum Gasteiger partial charge on any atom is -0.305 e. The number of hydrogen-bond acceptors (Lipinski definition) is 4. The van der Waals surface area contributed by atoms with Crippen LogP contribution in [0.3, 0.4) is 0 Å². The van der Waals surface area contributed by atoms with E-state index in [0.717, 1.165) is 68.0 Å². The number of aromatic nitrogens is 3. The van der Waals surface area contributed by atoms with Crippen LogP contribution in [0.5, 0.6) is 0 Å². The first-order valence-electron chi connectivity index (χ1n) is 10.6. The maximum Gasteiger partial charge on any atom is 0.433 e. The molecule has 0 aromatic carbocycles. The van der Waals surface area contributed by atoms with Gasteiger partial charge in [-0.25, -0.2) is 0 Å². The van der Waals surface area contributed by atoms with E-state index in [1.807, 2.05) is 12.1 Å².